The predicted octanol–water partition coefficient (Wildman–Crippen LogP) is 4.92. The zero-order chi connectivity index (χ0) is 23.3. The highest BCUT2D eigenvalue weighted by molar-refractivity contribution is 7.10. The number of rotatable bonds is 9. The number of thiophene rings is 1. The van der Waals surface area contributed by atoms with Crippen molar-refractivity contribution in [3.8, 4) is 5.75 Å². The second-order valence-corrected chi connectivity index (χ2v) is 10.0. The zero-order valence-corrected chi connectivity index (χ0v) is 20.2. The average molecular weight is 461 g/mol. The SMILES string of the molecule is CC(C)CCN(CC(=O)N1CCc2sccc2[C@@H]1COc1ccc(F)cc1)C(=O)C(C)C. The van der Waals surface area contributed by atoms with Crippen LogP contribution in [0.25, 0.3) is 0 Å². The summed E-state index contributed by atoms with van der Waals surface area (Å²) >= 11 is 1.69. The number of ether oxygens (including phenoxy) is 1. The van der Waals surface area contributed by atoms with Crippen LogP contribution in [0.4, 0.5) is 4.39 Å². The molecule has 0 saturated heterocycles. The predicted molar refractivity (Wildman–Crippen MR) is 125 cm³/mol. The van der Waals surface area contributed by atoms with Gasteiger partial charge in [0.2, 0.25) is 11.8 Å². The number of hydrogen-bond acceptors (Lipinski definition) is 4. The summed E-state index contributed by atoms with van der Waals surface area (Å²) in [6.45, 7) is 9.50. The van der Waals surface area contributed by atoms with E-state index in [4.69, 9.17) is 4.74 Å². The molecule has 7 heteroatoms. The fourth-order valence-electron chi connectivity index (χ4n) is 3.88. The number of fused-ring (bicyclic) bond motifs is 1. The van der Waals surface area contributed by atoms with Crippen LogP contribution in [-0.2, 0) is 16.0 Å². The third-order valence-corrected chi connectivity index (χ3v) is 6.74. The highest BCUT2D eigenvalue weighted by Gasteiger charge is 2.33. The van der Waals surface area contributed by atoms with Gasteiger partial charge >= 0.3 is 0 Å². The monoisotopic (exact) mass is 460 g/mol. The van der Waals surface area contributed by atoms with E-state index in [1.165, 1.54) is 17.0 Å². The lowest BCUT2D eigenvalue weighted by molar-refractivity contribution is -0.144. The van der Waals surface area contributed by atoms with Crippen molar-refractivity contribution in [3.63, 3.8) is 0 Å². The Bertz CT molecular complexity index is 910. The van der Waals surface area contributed by atoms with E-state index >= 15 is 0 Å². The second-order valence-electron chi connectivity index (χ2n) is 9.01. The average Bonchev–Trinajstić information content (AvgIpc) is 3.24. The van der Waals surface area contributed by atoms with Crippen LogP contribution in [0, 0.1) is 17.7 Å². The molecular formula is C25H33FN2O3S. The summed E-state index contributed by atoms with van der Waals surface area (Å²) in [6, 6.07) is 7.72. The summed E-state index contributed by atoms with van der Waals surface area (Å²) in [6.07, 6.45) is 1.66. The molecule has 0 radical (unpaired) electrons. The lowest BCUT2D eigenvalue weighted by Gasteiger charge is -2.37. The lowest BCUT2D eigenvalue weighted by atomic mass is 10.00. The first-order valence-corrected chi connectivity index (χ1v) is 12.2. The zero-order valence-electron chi connectivity index (χ0n) is 19.3. The van der Waals surface area contributed by atoms with E-state index < -0.39 is 0 Å². The molecule has 3 rings (SSSR count). The summed E-state index contributed by atoms with van der Waals surface area (Å²) in [7, 11) is 0. The molecule has 1 aromatic heterocycles. The van der Waals surface area contributed by atoms with Gasteiger partial charge in [0.1, 0.15) is 18.2 Å². The van der Waals surface area contributed by atoms with Gasteiger partial charge in [0, 0.05) is 23.9 Å². The van der Waals surface area contributed by atoms with Gasteiger partial charge in [0.05, 0.1) is 12.6 Å². The maximum Gasteiger partial charge on any atom is 0.242 e. The summed E-state index contributed by atoms with van der Waals surface area (Å²) in [5, 5.41) is 2.04. The first kappa shape index (κ1) is 24.2. The van der Waals surface area contributed by atoms with Gasteiger partial charge in [-0.2, -0.15) is 0 Å². The number of hydrogen-bond donors (Lipinski definition) is 0. The molecule has 1 aliphatic rings. The normalized spacial score (nSPS) is 15.7. The Kier molecular flexibility index (Phi) is 8.29. The van der Waals surface area contributed by atoms with Gasteiger partial charge in [0.25, 0.3) is 0 Å². The molecule has 0 spiro atoms. The number of amides is 2. The fourth-order valence-corrected chi connectivity index (χ4v) is 4.81. The largest absolute Gasteiger partial charge is 0.491 e. The van der Waals surface area contributed by atoms with Crippen molar-refractivity contribution in [1.29, 1.82) is 0 Å². The minimum absolute atomic E-state index is 0.00587. The van der Waals surface area contributed by atoms with Crippen molar-refractivity contribution in [1.82, 2.24) is 9.80 Å². The van der Waals surface area contributed by atoms with Crippen LogP contribution in [0.5, 0.6) is 5.75 Å². The lowest BCUT2D eigenvalue weighted by Crippen LogP contribution is -2.48. The quantitative estimate of drug-likeness (QED) is 0.534. The van der Waals surface area contributed by atoms with E-state index in [0.29, 0.717) is 24.8 Å². The van der Waals surface area contributed by atoms with E-state index in [0.717, 1.165) is 18.4 Å². The standard InChI is InChI=1S/C25H33FN2O3S/c1-17(2)9-12-27(25(30)18(3)4)15-24(29)28-13-10-23-21(11-14-32-23)22(28)16-31-20-7-5-19(26)6-8-20/h5-8,11,14,17-18,22H,9-10,12-13,15-16H2,1-4H3/t22-/m0/s1. The van der Waals surface area contributed by atoms with Crippen LogP contribution in [0.15, 0.2) is 35.7 Å². The molecule has 0 unspecified atom stereocenters. The first-order chi connectivity index (χ1) is 15.3. The maximum absolute atomic E-state index is 13.4. The van der Waals surface area contributed by atoms with Crippen molar-refractivity contribution >= 4 is 23.2 Å². The molecule has 2 heterocycles. The molecule has 174 valence electrons. The van der Waals surface area contributed by atoms with E-state index in [9.17, 15) is 14.0 Å². The van der Waals surface area contributed by atoms with Crippen LogP contribution in [0.2, 0.25) is 0 Å². The summed E-state index contributed by atoms with van der Waals surface area (Å²) in [5.41, 5.74) is 1.10. The molecule has 2 amide bonds. The van der Waals surface area contributed by atoms with Crippen LogP contribution in [0.1, 0.15) is 50.6 Å². The van der Waals surface area contributed by atoms with Gasteiger partial charge in [0.15, 0.2) is 0 Å². The smallest absolute Gasteiger partial charge is 0.242 e. The Balaban J connectivity index is 1.75. The van der Waals surface area contributed by atoms with Crippen LogP contribution < -0.4 is 4.74 Å². The number of carbonyl (C=O) groups excluding carboxylic acids is 2. The van der Waals surface area contributed by atoms with E-state index in [1.807, 2.05) is 30.2 Å². The molecule has 1 atom stereocenters. The Morgan fingerprint density at radius 2 is 1.91 bits per heavy atom. The highest BCUT2D eigenvalue weighted by atomic mass is 32.1. The topological polar surface area (TPSA) is 49.9 Å². The Labute approximate surface area is 194 Å². The van der Waals surface area contributed by atoms with Gasteiger partial charge in [-0.3, -0.25) is 9.59 Å². The van der Waals surface area contributed by atoms with Gasteiger partial charge in [-0.05, 0) is 60.0 Å². The van der Waals surface area contributed by atoms with Crippen molar-refractivity contribution in [2.45, 2.75) is 46.6 Å². The van der Waals surface area contributed by atoms with Gasteiger partial charge in [-0.1, -0.05) is 27.7 Å². The molecule has 32 heavy (non-hydrogen) atoms. The summed E-state index contributed by atoms with van der Waals surface area (Å²) < 4.78 is 19.2. The van der Waals surface area contributed by atoms with Crippen LogP contribution in [0.3, 0.4) is 0 Å². The van der Waals surface area contributed by atoms with Crippen molar-refractivity contribution in [2.75, 3.05) is 26.2 Å². The van der Waals surface area contributed by atoms with Crippen LogP contribution >= 0.6 is 11.3 Å². The Hall–Kier alpha value is -2.41. The van der Waals surface area contributed by atoms with Crippen molar-refractivity contribution in [3.05, 3.63) is 52.0 Å². The third kappa shape index (κ3) is 6.09. The molecule has 5 nitrogen and oxygen atoms in total. The number of halogens is 1. The van der Waals surface area contributed by atoms with Gasteiger partial charge in [-0.25, -0.2) is 4.39 Å². The number of benzene rings is 1. The summed E-state index contributed by atoms with van der Waals surface area (Å²) in [5.74, 6) is 0.488. The Morgan fingerprint density at radius 1 is 1.19 bits per heavy atom. The minimum atomic E-state index is -0.316. The first-order valence-electron chi connectivity index (χ1n) is 11.3. The van der Waals surface area contributed by atoms with Crippen molar-refractivity contribution < 1.29 is 18.7 Å². The summed E-state index contributed by atoms with van der Waals surface area (Å²) in [4.78, 5) is 31.0. The van der Waals surface area contributed by atoms with Gasteiger partial charge in [-0.15, -0.1) is 11.3 Å². The second kappa shape index (κ2) is 10.9. The number of nitrogens with zero attached hydrogens (tertiary/aromatic N) is 2. The van der Waals surface area contributed by atoms with E-state index in [1.54, 1.807) is 28.4 Å². The molecule has 1 aliphatic heterocycles. The molecule has 0 aliphatic carbocycles. The van der Waals surface area contributed by atoms with Crippen LogP contribution in [-0.4, -0.2) is 47.9 Å². The maximum atomic E-state index is 13.4. The highest BCUT2D eigenvalue weighted by Crippen LogP contribution is 2.34. The van der Waals surface area contributed by atoms with Gasteiger partial charge < -0.3 is 14.5 Å². The molecule has 0 bridgehead atoms. The van der Waals surface area contributed by atoms with Crippen molar-refractivity contribution in [2.24, 2.45) is 11.8 Å². The third-order valence-electron chi connectivity index (χ3n) is 5.74. The van der Waals surface area contributed by atoms with E-state index in [2.05, 4.69) is 13.8 Å². The molecule has 2 aromatic rings. The minimum Gasteiger partial charge on any atom is -0.491 e. The molecule has 0 fully saturated rings. The molecule has 0 saturated carbocycles. The fraction of sp³-hybridized carbons (Fsp3) is 0.520. The van der Waals surface area contributed by atoms with E-state index in [-0.39, 0.29) is 42.7 Å². The Morgan fingerprint density at radius 3 is 2.56 bits per heavy atom. The molecular weight excluding hydrogens is 427 g/mol. The molecule has 0 N–H and O–H groups in total. The number of carbonyl (C=O) groups is 2. The molecule has 1 aromatic carbocycles.